The molecule has 0 amide bonds. The Hall–Kier alpha value is -4.29. The van der Waals surface area contributed by atoms with Crippen molar-refractivity contribution in [3.8, 4) is 22.6 Å². The first kappa shape index (κ1) is 29.2. The second-order valence-corrected chi connectivity index (χ2v) is 10.1. The summed E-state index contributed by atoms with van der Waals surface area (Å²) in [5.74, 6) is 0.0198. The summed E-state index contributed by atoms with van der Waals surface area (Å²) in [7, 11) is 1.44. The van der Waals surface area contributed by atoms with Crippen LogP contribution in [0.3, 0.4) is 0 Å². The SMILES string of the molecule is CCC(C(=O)Cc1ccc2nc(C(F)(F)F)cnc2c1)n1cc(OC)c(-c2cc(Cl)ccc2-n2cc(Cl)nn2)cc1=O. The first-order chi connectivity index (χ1) is 20.0. The van der Waals surface area contributed by atoms with Crippen molar-refractivity contribution in [2.24, 2.45) is 0 Å². The number of ketones is 1. The number of hydrogen-bond acceptors (Lipinski definition) is 7. The van der Waals surface area contributed by atoms with E-state index in [9.17, 15) is 22.8 Å². The van der Waals surface area contributed by atoms with Gasteiger partial charge in [-0.1, -0.05) is 41.4 Å². The van der Waals surface area contributed by atoms with Gasteiger partial charge in [-0.15, -0.1) is 5.10 Å². The standard InChI is InChI=1S/C28H21Cl2F3N6O3/c1-3-21(23(40)9-15-4-6-19-20(8-15)34-12-25(35-19)28(31,32)33)38-13-24(42-2)18(11-27(38)41)17-10-16(29)5-7-22(17)39-14-26(30)36-37-39/h4-8,10-14,21H,3,9H2,1-2H3. The molecule has 0 aliphatic rings. The number of hydrogen-bond donors (Lipinski definition) is 0. The van der Waals surface area contributed by atoms with Gasteiger partial charge in [-0.2, -0.15) is 13.2 Å². The zero-order valence-electron chi connectivity index (χ0n) is 22.1. The summed E-state index contributed by atoms with van der Waals surface area (Å²) < 4.78 is 47.3. The summed E-state index contributed by atoms with van der Waals surface area (Å²) in [6, 6.07) is 9.93. The van der Waals surface area contributed by atoms with Crippen molar-refractivity contribution in [2.45, 2.75) is 32.0 Å². The molecule has 14 heteroatoms. The number of aromatic nitrogens is 6. The highest BCUT2D eigenvalue weighted by Crippen LogP contribution is 2.36. The molecule has 0 N–H and O–H groups in total. The summed E-state index contributed by atoms with van der Waals surface area (Å²) >= 11 is 12.2. The van der Waals surface area contributed by atoms with Crippen molar-refractivity contribution in [3.05, 3.63) is 92.8 Å². The maximum absolute atomic E-state index is 13.4. The lowest BCUT2D eigenvalue weighted by Crippen LogP contribution is -2.30. The Labute approximate surface area is 246 Å². The number of Topliss-reactive ketones (excluding diaryl/α,β-unsaturated/α-hetero) is 1. The number of nitrogens with zero attached hydrogens (tertiary/aromatic N) is 6. The molecule has 216 valence electrons. The highest BCUT2D eigenvalue weighted by molar-refractivity contribution is 6.31. The number of pyridine rings is 1. The normalized spacial score (nSPS) is 12.5. The quantitative estimate of drug-likeness (QED) is 0.206. The molecule has 0 fully saturated rings. The molecule has 3 heterocycles. The Kier molecular flexibility index (Phi) is 8.02. The summed E-state index contributed by atoms with van der Waals surface area (Å²) in [5, 5.41) is 8.38. The number of rotatable bonds is 8. The van der Waals surface area contributed by atoms with Gasteiger partial charge < -0.3 is 9.30 Å². The Bertz CT molecular complexity index is 1870. The fraction of sp³-hybridized carbons (Fsp3) is 0.214. The van der Waals surface area contributed by atoms with Gasteiger partial charge in [-0.05, 0) is 42.3 Å². The van der Waals surface area contributed by atoms with Gasteiger partial charge in [0.1, 0.15) is 5.75 Å². The zero-order valence-corrected chi connectivity index (χ0v) is 23.6. The van der Waals surface area contributed by atoms with Crippen molar-refractivity contribution in [1.29, 1.82) is 0 Å². The monoisotopic (exact) mass is 616 g/mol. The summed E-state index contributed by atoms with van der Waals surface area (Å²) in [4.78, 5) is 34.3. The molecule has 0 aliphatic heterocycles. The fourth-order valence-corrected chi connectivity index (χ4v) is 4.93. The first-order valence-electron chi connectivity index (χ1n) is 12.5. The van der Waals surface area contributed by atoms with Crippen LogP contribution in [0.15, 0.2) is 65.8 Å². The first-order valence-corrected chi connectivity index (χ1v) is 13.3. The highest BCUT2D eigenvalue weighted by atomic mass is 35.5. The topological polar surface area (TPSA) is 105 Å². The van der Waals surface area contributed by atoms with E-state index in [0.29, 0.717) is 45.8 Å². The van der Waals surface area contributed by atoms with E-state index in [-0.39, 0.29) is 28.4 Å². The van der Waals surface area contributed by atoms with Crippen LogP contribution in [0.4, 0.5) is 13.2 Å². The predicted octanol–water partition coefficient (Wildman–Crippen LogP) is 6.14. The third-order valence-electron chi connectivity index (χ3n) is 6.59. The van der Waals surface area contributed by atoms with Crippen molar-refractivity contribution >= 4 is 40.0 Å². The fourth-order valence-electron chi connectivity index (χ4n) is 4.63. The molecule has 5 aromatic rings. The van der Waals surface area contributed by atoms with Crippen LogP contribution in [-0.2, 0) is 17.4 Å². The molecule has 0 saturated carbocycles. The third kappa shape index (κ3) is 5.86. The van der Waals surface area contributed by atoms with Gasteiger partial charge in [-0.3, -0.25) is 14.6 Å². The Morgan fingerprint density at radius 1 is 1.05 bits per heavy atom. The predicted molar refractivity (Wildman–Crippen MR) is 150 cm³/mol. The van der Waals surface area contributed by atoms with Gasteiger partial charge in [0.25, 0.3) is 5.56 Å². The minimum Gasteiger partial charge on any atom is -0.495 e. The van der Waals surface area contributed by atoms with Gasteiger partial charge in [0.15, 0.2) is 16.6 Å². The summed E-state index contributed by atoms with van der Waals surface area (Å²) in [5.41, 5.74) is 0.709. The van der Waals surface area contributed by atoms with E-state index in [1.807, 2.05) is 0 Å². The van der Waals surface area contributed by atoms with Crippen LogP contribution >= 0.6 is 23.2 Å². The van der Waals surface area contributed by atoms with Gasteiger partial charge in [0.2, 0.25) is 0 Å². The molecule has 0 spiro atoms. The lowest BCUT2D eigenvalue weighted by Gasteiger charge is -2.20. The van der Waals surface area contributed by atoms with Crippen LogP contribution in [0.5, 0.6) is 5.75 Å². The largest absolute Gasteiger partial charge is 0.495 e. The lowest BCUT2D eigenvalue weighted by molar-refractivity contribution is -0.141. The van der Waals surface area contributed by atoms with Crippen LogP contribution in [0, 0.1) is 0 Å². The molecule has 9 nitrogen and oxygen atoms in total. The molecule has 2 aromatic carbocycles. The number of fused-ring (bicyclic) bond motifs is 1. The Balaban J connectivity index is 1.48. The Morgan fingerprint density at radius 2 is 1.83 bits per heavy atom. The molecular formula is C28H21Cl2F3N6O3. The van der Waals surface area contributed by atoms with Crippen LogP contribution in [-0.4, -0.2) is 42.4 Å². The number of carbonyl (C=O) groups is 1. The maximum Gasteiger partial charge on any atom is 0.434 e. The number of carbonyl (C=O) groups excluding carboxylic acids is 1. The van der Waals surface area contributed by atoms with Crippen molar-refractivity contribution in [3.63, 3.8) is 0 Å². The molecule has 3 aromatic heterocycles. The average molecular weight is 617 g/mol. The zero-order chi connectivity index (χ0) is 30.2. The maximum atomic E-state index is 13.4. The van der Waals surface area contributed by atoms with E-state index >= 15 is 0 Å². The highest BCUT2D eigenvalue weighted by Gasteiger charge is 2.33. The second-order valence-electron chi connectivity index (χ2n) is 9.29. The summed E-state index contributed by atoms with van der Waals surface area (Å²) in [6.45, 7) is 1.77. The molecule has 0 radical (unpaired) electrons. The van der Waals surface area contributed by atoms with Gasteiger partial charge in [0.05, 0.1) is 48.5 Å². The number of alkyl halides is 3. The average Bonchev–Trinajstić information content (AvgIpc) is 3.39. The Morgan fingerprint density at radius 3 is 2.50 bits per heavy atom. The molecule has 1 atom stereocenters. The van der Waals surface area contributed by atoms with E-state index in [1.54, 1.807) is 25.1 Å². The van der Waals surface area contributed by atoms with E-state index in [0.717, 1.165) is 0 Å². The van der Waals surface area contributed by atoms with E-state index in [1.165, 1.54) is 53.0 Å². The van der Waals surface area contributed by atoms with Gasteiger partial charge in [0, 0.05) is 28.6 Å². The molecule has 0 saturated heterocycles. The lowest BCUT2D eigenvalue weighted by atomic mass is 10.00. The molecule has 1 unspecified atom stereocenters. The van der Waals surface area contributed by atoms with E-state index in [4.69, 9.17) is 27.9 Å². The van der Waals surface area contributed by atoms with Gasteiger partial charge >= 0.3 is 6.18 Å². The van der Waals surface area contributed by atoms with Crippen LogP contribution in [0.1, 0.15) is 30.6 Å². The molecule has 0 bridgehead atoms. The number of methoxy groups -OCH3 is 1. The number of halogens is 5. The van der Waals surface area contributed by atoms with E-state index < -0.39 is 23.5 Å². The second kappa shape index (κ2) is 11.5. The minimum atomic E-state index is -4.62. The smallest absolute Gasteiger partial charge is 0.434 e. The van der Waals surface area contributed by atoms with Crippen molar-refractivity contribution in [1.82, 2.24) is 29.5 Å². The number of benzene rings is 2. The minimum absolute atomic E-state index is 0.0539. The molecule has 0 aliphatic carbocycles. The molecular weight excluding hydrogens is 596 g/mol. The third-order valence-corrected chi connectivity index (χ3v) is 7.00. The van der Waals surface area contributed by atoms with Crippen LogP contribution in [0.2, 0.25) is 10.2 Å². The molecule has 42 heavy (non-hydrogen) atoms. The van der Waals surface area contributed by atoms with Crippen LogP contribution in [0.25, 0.3) is 27.8 Å². The summed E-state index contributed by atoms with van der Waals surface area (Å²) in [6.07, 6.45) is -0.789. The van der Waals surface area contributed by atoms with Crippen molar-refractivity contribution < 1.29 is 22.7 Å². The number of ether oxygens (including phenoxy) is 1. The van der Waals surface area contributed by atoms with Gasteiger partial charge in [-0.25, -0.2) is 9.67 Å². The molecule has 5 rings (SSSR count). The van der Waals surface area contributed by atoms with Crippen molar-refractivity contribution in [2.75, 3.05) is 7.11 Å². The van der Waals surface area contributed by atoms with E-state index in [2.05, 4.69) is 20.3 Å². The van der Waals surface area contributed by atoms with Crippen LogP contribution < -0.4 is 10.3 Å².